The zero-order valence-corrected chi connectivity index (χ0v) is 6.78. The first kappa shape index (κ1) is 9.04. The third-order valence-electron chi connectivity index (χ3n) is 0.711. The van der Waals surface area contributed by atoms with Crippen LogP contribution in [-0.2, 0) is 9.59 Å². The maximum absolute atomic E-state index is 10.6. The number of Topliss-reactive ketones (excluding diaryl/α,β-unsaturated/α-hetero) is 2. The molecular weight excluding hydrogens is 156 g/mol. The van der Waals surface area contributed by atoms with Crippen LogP contribution in [0.4, 0.5) is 0 Å². The third-order valence-corrected chi connectivity index (χ3v) is 1.29. The van der Waals surface area contributed by atoms with Crippen molar-refractivity contribution in [1.29, 1.82) is 0 Å². The minimum Gasteiger partial charge on any atom is -0.300 e. The van der Waals surface area contributed by atoms with Gasteiger partial charge in [0.15, 0.2) is 5.78 Å². The Bertz CT molecular complexity index is 131. The van der Waals surface area contributed by atoms with Gasteiger partial charge in [-0.1, -0.05) is 0 Å². The fourth-order valence-corrected chi connectivity index (χ4v) is 0.519. The van der Waals surface area contributed by atoms with Gasteiger partial charge in [-0.3, -0.25) is 9.59 Å². The molecule has 0 saturated heterocycles. The van der Waals surface area contributed by atoms with Crippen LogP contribution in [0.3, 0.4) is 0 Å². The van der Waals surface area contributed by atoms with Crippen LogP contribution in [0.2, 0.25) is 0 Å². The van der Waals surface area contributed by atoms with Crippen molar-refractivity contribution in [3.63, 3.8) is 0 Å². The molecule has 2 nitrogen and oxygen atoms in total. The van der Waals surface area contributed by atoms with Gasteiger partial charge in [-0.25, -0.2) is 0 Å². The highest BCUT2D eigenvalue weighted by Gasteiger charge is 2.10. The van der Waals surface area contributed by atoms with Gasteiger partial charge in [-0.2, -0.15) is 25.3 Å². The number of carbonyl (C=O) groups excluding carboxylic acids is 2. The molecule has 0 bridgehead atoms. The molecule has 0 saturated carbocycles. The SMILES string of the molecule is CC(=O)CC(=O)C(S)S. The average molecular weight is 164 g/mol. The van der Waals surface area contributed by atoms with Gasteiger partial charge in [-0.15, -0.1) is 0 Å². The molecule has 0 fully saturated rings. The van der Waals surface area contributed by atoms with Crippen LogP contribution in [0.5, 0.6) is 0 Å². The van der Waals surface area contributed by atoms with E-state index in [2.05, 4.69) is 25.3 Å². The first-order chi connectivity index (χ1) is 4.04. The minimum absolute atomic E-state index is 0.0579. The first-order valence-electron chi connectivity index (χ1n) is 2.42. The van der Waals surface area contributed by atoms with Gasteiger partial charge in [0.1, 0.15) is 10.4 Å². The van der Waals surface area contributed by atoms with Gasteiger partial charge in [0.05, 0.1) is 6.42 Å². The monoisotopic (exact) mass is 164 g/mol. The molecule has 0 rings (SSSR count). The van der Waals surface area contributed by atoms with E-state index in [4.69, 9.17) is 0 Å². The van der Waals surface area contributed by atoms with E-state index in [1.807, 2.05) is 0 Å². The number of ketones is 2. The Kier molecular flexibility index (Phi) is 3.97. The Hall–Kier alpha value is 0.0400. The Labute approximate surface area is 64.8 Å². The van der Waals surface area contributed by atoms with E-state index in [0.717, 1.165) is 0 Å². The molecule has 0 aliphatic rings. The lowest BCUT2D eigenvalue weighted by atomic mass is 10.2. The maximum Gasteiger partial charge on any atom is 0.162 e. The minimum atomic E-state index is -0.617. The predicted octanol–water partition coefficient (Wildman–Crippen LogP) is 0.720. The molecule has 0 aliphatic carbocycles. The standard InChI is InChI=1S/C5H8O2S2/c1-3(6)2-4(7)5(8)9/h5,8-9H,2H2,1H3. The van der Waals surface area contributed by atoms with Crippen LogP contribution in [0.25, 0.3) is 0 Å². The molecule has 0 aromatic carbocycles. The Morgan fingerprint density at radius 2 is 1.89 bits per heavy atom. The Morgan fingerprint density at radius 1 is 1.44 bits per heavy atom. The largest absolute Gasteiger partial charge is 0.300 e. The second-order valence-corrected chi connectivity index (χ2v) is 3.16. The zero-order chi connectivity index (χ0) is 7.44. The van der Waals surface area contributed by atoms with Crippen molar-refractivity contribution in [3.05, 3.63) is 0 Å². The lowest BCUT2D eigenvalue weighted by Gasteiger charge is -1.97. The van der Waals surface area contributed by atoms with Crippen molar-refractivity contribution in [2.75, 3.05) is 0 Å². The van der Waals surface area contributed by atoms with Gasteiger partial charge in [0.25, 0.3) is 0 Å². The van der Waals surface area contributed by atoms with E-state index in [9.17, 15) is 9.59 Å². The number of thiol groups is 2. The van der Waals surface area contributed by atoms with Gasteiger partial charge < -0.3 is 0 Å². The summed E-state index contributed by atoms with van der Waals surface area (Å²) in [4.78, 5) is 20.8. The molecule has 0 aliphatic heterocycles. The zero-order valence-electron chi connectivity index (χ0n) is 5.00. The predicted molar refractivity (Wildman–Crippen MR) is 42.1 cm³/mol. The van der Waals surface area contributed by atoms with Crippen LogP contribution in [-0.4, -0.2) is 16.1 Å². The Morgan fingerprint density at radius 3 is 2.00 bits per heavy atom. The molecule has 4 heteroatoms. The smallest absolute Gasteiger partial charge is 0.162 e. The normalized spacial score (nSPS) is 9.78. The van der Waals surface area contributed by atoms with Gasteiger partial charge in [-0.05, 0) is 6.92 Å². The summed E-state index contributed by atoms with van der Waals surface area (Å²) in [6.07, 6.45) is -0.0579. The molecule has 0 aromatic rings. The van der Waals surface area contributed by atoms with Gasteiger partial charge in [0.2, 0.25) is 0 Å². The van der Waals surface area contributed by atoms with Crippen molar-refractivity contribution in [2.45, 2.75) is 17.9 Å². The second kappa shape index (κ2) is 3.95. The fourth-order valence-electron chi connectivity index (χ4n) is 0.337. The molecule has 0 unspecified atom stereocenters. The lowest BCUT2D eigenvalue weighted by Crippen LogP contribution is -2.11. The summed E-state index contributed by atoms with van der Waals surface area (Å²) in [5, 5.41) is 0. The molecule has 0 radical (unpaired) electrons. The number of hydrogen-bond donors (Lipinski definition) is 2. The molecule has 0 amide bonds. The summed E-state index contributed by atoms with van der Waals surface area (Å²) in [7, 11) is 0. The van der Waals surface area contributed by atoms with Crippen LogP contribution < -0.4 is 0 Å². The highest BCUT2D eigenvalue weighted by molar-refractivity contribution is 8.00. The summed E-state index contributed by atoms with van der Waals surface area (Å²) in [5.74, 6) is -0.387. The van der Waals surface area contributed by atoms with Crippen LogP contribution >= 0.6 is 25.3 Å². The van der Waals surface area contributed by atoms with Crippen LogP contribution in [0, 0.1) is 0 Å². The molecule has 0 N–H and O–H groups in total. The first-order valence-corrected chi connectivity index (χ1v) is 3.45. The van der Waals surface area contributed by atoms with E-state index in [0.29, 0.717) is 0 Å². The van der Waals surface area contributed by atoms with Gasteiger partial charge >= 0.3 is 0 Å². The van der Waals surface area contributed by atoms with E-state index in [1.165, 1.54) is 6.92 Å². The van der Waals surface area contributed by atoms with E-state index < -0.39 is 4.58 Å². The van der Waals surface area contributed by atoms with Crippen molar-refractivity contribution in [1.82, 2.24) is 0 Å². The fraction of sp³-hybridized carbons (Fsp3) is 0.600. The summed E-state index contributed by atoms with van der Waals surface area (Å²) in [5.41, 5.74) is 0. The summed E-state index contributed by atoms with van der Waals surface area (Å²) in [6.45, 7) is 1.36. The second-order valence-electron chi connectivity index (χ2n) is 1.72. The molecule has 52 valence electrons. The van der Waals surface area contributed by atoms with E-state index in [1.54, 1.807) is 0 Å². The third kappa shape index (κ3) is 4.54. The summed E-state index contributed by atoms with van der Waals surface area (Å²) in [6, 6.07) is 0. The van der Waals surface area contributed by atoms with Crippen LogP contribution in [0.1, 0.15) is 13.3 Å². The molecule has 0 heterocycles. The topological polar surface area (TPSA) is 34.1 Å². The number of hydrogen-bond acceptors (Lipinski definition) is 4. The van der Waals surface area contributed by atoms with Crippen molar-refractivity contribution in [3.8, 4) is 0 Å². The summed E-state index contributed by atoms with van der Waals surface area (Å²) >= 11 is 7.46. The maximum atomic E-state index is 10.6. The highest BCUT2D eigenvalue weighted by Crippen LogP contribution is 2.03. The molecule has 0 aromatic heterocycles. The van der Waals surface area contributed by atoms with Crippen molar-refractivity contribution in [2.24, 2.45) is 0 Å². The molecule has 9 heavy (non-hydrogen) atoms. The highest BCUT2D eigenvalue weighted by atomic mass is 32.2. The summed E-state index contributed by atoms with van der Waals surface area (Å²) < 4.78 is -0.617. The van der Waals surface area contributed by atoms with Crippen molar-refractivity contribution >= 4 is 36.8 Å². The van der Waals surface area contributed by atoms with Gasteiger partial charge in [0, 0.05) is 0 Å². The molecular formula is C5H8O2S2. The van der Waals surface area contributed by atoms with E-state index in [-0.39, 0.29) is 18.0 Å². The van der Waals surface area contributed by atoms with Crippen molar-refractivity contribution < 1.29 is 9.59 Å². The quantitative estimate of drug-likeness (QED) is 0.366. The average Bonchev–Trinajstić information content (AvgIpc) is 1.63. The Balaban J connectivity index is 3.64. The number of rotatable bonds is 3. The van der Waals surface area contributed by atoms with E-state index >= 15 is 0 Å². The number of carbonyl (C=O) groups is 2. The molecule has 0 atom stereocenters. The molecule has 0 spiro atoms. The lowest BCUT2D eigenvalue weighted by molar-refractivity contribution is -0.124. The van der Waals surface area contributed by atoms with Crippen LogP contribution in [0.15, 0.2) is 0 Å².